The van der Waals surface area contributed by atoms with Crippen LogP contribution in [-0.4, -0.2) is 64.9 Å². The van der Waals surface area contributed by atoms with Gasteiger partial charge in [-0.25, -0.2) is 9.36 Å². The molecule has 54 heavy (non-hydrogen) atoms. The lowest BCUT2D eigenvalue weighted by Crippen LogP contribution is -2.43. The maximum absolute atomic E-state index is 12.3. The SMILES string of the molecule is CC/C=C\C/C=C\C/C=C\C/C=C\CCCCC(=O)OCC(O)COP(=O)(O)OCC(NC(=O)CCCCCCC/C=C\C/C=C\CCCCC)C(=O)O. The number of allylic oxidation sites excluding steroid dienone is 12. The average Bonchev–Trinajstić information content (AvgIpc) is 3.14. The number of carbonyl (C=O) groups excluding carboxylic acids is 2. The molecule has 3 unspecified atom stereocenters. The Morgan fingerprint density at radius 3 is 1.63 bits per heavy atom. The monoisotopic (exact) mass is 779 g/mol. The first-order chi connectivity index (χ1) is 26.1. The highest BCUT2D eigenvalue weighted by molar-refractivity contribution is 7.47. The van der Waals surface area contributed by atoms with Crippen LogP contribution in [0.5, 0.6) is 0 Å². The van der Waals surface area contributed by atoms with Crippen molar-refractivity contribution in [2.24, 2.45) is 0 Å². The molecule has 0 rings (SSSR count). The first kappa shape index (κ1) is 50.9. The third kappa shape index (κ3) is 35.9. The van der Waals surface area contributed by atoms with Gasteiger partial charge < -0.3 is 25.2 Å². The maximum atomic E-state index is 12.3. The second kappa shape index (κ2) is 36.9. The zero-order chi connectivity index (χ0) is 40.0. The molecule has 0 saturated heterocycles. The average molecular weight is 780 g/mol. The normalized spacial score (nSPS) is 14.6. The van der Waals surface area contributed by atoms with Crippen LogP contribution < -0.4 is 5.32 Å². The molecule has 0 aliphatic carbocycles. The van der Waals surface area contributed by atoms with E-state index < -0.39 is 57.6 Å². The summed E-state index contributed by atoms with van der Waals surface area (Å²) in [5.74, 6) is -2.45. The van der Waals surface area contributed by atoms with Crippen molar-refractivity contribution >= 4 is 25.7 Å². The van der Waals surface area contributed by atoms with E-state index in [0.29, 0.717) is 12.8 Å². The van der Waals surface area contributed by atoms with Gasteiger partial charge >= 0.3 is 19.8 Å². The van der Waals surface area contributed by atoms with Gasteiger partial charge in [0.05, 0.1) is 13.2 Å². The van der Waals surface area contributed by atoms with E-state index >= 15 is 0 Å². The maximum Gasteiger partial charge on any atom is 0.472 e. The van der Waals surface area contributed by atoms with Crippen molar-refractivity contribution in [3.63, 3.8) is 0 Å². The molecular formula is C42H70NO10P. The Balaban J connectivity index is 4.04. The minimum atomic E-state index is -4.77. The van der Waals surface area contributed by atoms with E-state index in [4.69, 9.17) is 13.8 Å². The van der Waals surface area contributed by atoms with Crippen LogP contribution in [0.25, 0.3) is 0 Å². The van der Waals surface area contributed by atoms with Crippen molar-refractivity contribution < 1.29 is 47.8 Å². The summed E-state index contributed by atoms with van der Waals surface area (Å²) >= 11 is 0. The number of aliphatic hydroxyl groups is 1. The Morgan fingerprint density at radius 1 is 0.611 bits per heavy atom. The van der Waals surface area contributed by atoms with Crippen molar-refractivity contribution in [1.82, 2.24) is 5.32 Å². The number of carbonyl (C=O) groups is 3. The Morgan fingerprint density at radius 2 is 1.07 bits per heavy atom. The van der Waals surface area contributed by atoms with Gasteiger partial charge in [-0.15, -0.1) is 0 Å². The van der Waals surface area contributed by atoms with Crippen LogP contribution in [0, 0.1) is 0 Å². The van der Waals surface area contributed by atoms with Crippen LogP contribution in [0.2, 0.25) is 0 Å². The summed E-state index contributed by atoms with van der Waals surface area (Å²) < 4.78 is 26.7. The van der Waals surface area contributed by atoms with E-state index in [2.05, 4.69) is 92.1 Å². The van der Waals surface area contributed by atoms with Crippen molar-refractivity contribution in [3.05, 3.63) is 72.9 Å². The summed E-state index contributed by atoms with van der Waals surface area (Å²) in [6, 6.07) is -1.56. The Bertz CT molecular complexity index is 1190. The van der Waals surface area contributed by atoms with E-state index in [1.807, 2.05) is 0 Å². The number of rotatable bonds is 36. The number of hydrogen-bond acceptors (Lipinski definition) is 8. The highest BCUT2D eigenvalue weighted by atomic mass is 31.2. The van der Waals surface area contributed by atoms with Crippen molar-refractivity contribution in [2.45, 2.75) is 154 Å². The van der Waals surface area contributed by atoms with Gasteiger partial charge in [0.15, 0.2) is 6.04 Å². The molecule has 0 aromatic carbocycles. The molecule has 0 aromatic rings. The number of aliphatic hydroxyl groups excluding tert-OH is 1. The highest BCUT2D eigenvalue weighted by Crippen LogP contribution is 2.43. The Labute approximate surface area is 325 Å². The zero-order valence-electron chi connectivity index (χ0n) is 33.0. The van der Waals surface area contributed by atoms with Crippen LogP contribution in [0.1, 0.15) is 142 Å². The van der Waals surface area contributed by atoms with Crippen LogP contribution in [-0.2, 0) is 32.7 Å². The van der Waals surface area contributed by atoms with Gasteiger partial charge in [0.1, 0.15) is 12.7 Å². The molecule has 0 bridgehead atoms. The van der Waals surface area contributed by atoms with Crippen LogP contribution in [0.3, 0.4) is 0 Å². The molecule has 0 aliphatic heterocycles. The molecule has 0 saturated carbocycles. The molecule has 0 aliphatic rings. The zero-order valence-corrected chi connectivity index (χ0v) is 33.9. The predicted molar refractivity (Wildman–Crippen MR) is 217 cm³/mol. The molecule has 0 heterocycles. The fraction of sp³-hybridized carbons (Fsp3) is 0.643. The summed E-state index contributed by atoms with van der Waals surface area (Å²) in [5.41, 5.74) is 0. The van der Waals surface area contributed by atoms with E-state index in [-0.39, 0.29) is 12.8 Å². The number of ether oxygens (including phenoxy) is 1. The molecule has 3 atom stereocenters. The summed E-state index contributed by atoms with van der Waals surface area (Å²) in [6.45, 7) is 2.37. The lowest BCUT2D eigenvalue weighted by atomic mass is 10.1. The van der Waals surface area contributed by atoms with Gasteiger partial charge in [-0.05, 0) is 83.5 Å². The molecule has 12 heteroatoms. The Kier molecular flexibility index (Phi) is 34.8. The number of unbranched alkanes of at least 4 members (excludes halogenated alkanes) is 10. The third-order valence-electron chi connectivity index (χ3n) is 7.98. The molecule has 1 amide bonds. The second-order valence-electron chi connectivity index (χ2n) is 13.1. The fourth-order valence-corrected chi connectivity index (χ4v) is 5.64. The molecule has 0 fully saturated rings. The largest absolute Gasteiger partial charge is 0.480 e. The number of amides is 1. The molecular weight excluding hydrogens is 709 g/mol. The molecule has 308 valence electrons. The molecule has 0 radical (unpaired) electrons. The van der Waals surface area contributed by atoms with Gasteiger partial charge in [-0.1, -0.05) is 119 Å². The molecule has 4 N–H and O–H groups in total. The summed E-state index contributed by atoms with van der Waals surface area (Å²) in [7, 11) is -4.77. The van der Waals surface area contributed by atoms with Gasteiger partial charge in [0.25, 0.3) is 0 Å². The smallest absolute Gasteiger partial charge is 0.472 e. The second-order valence-corrected chi connectivity index (χ2v) is 14.5. The third-order valence-corrected chi connectivity index (χ3v) is 8.93. The van der Waals surface area contributed by atoms with Crippen LogP contribution >= 0.6 is 7.82 Å². The fourth-order valence-electron chi connectivity index (χ4n) is 4.86. The van der Waals surface area contributed by atoms with Gasteiger partial charge in [-0.3, -0.25) is 18.6 Å². The van der Waals surface area contributed by atoms with E-state index in [1.165, 1.54) is 19.3 Å². The number of phosphoric ester groups is 1. The van der Waals surface area contributed by atoms with Crippen molar-refractivity contribution in [3.8, 4) is 0 Å². The first-order valence-corrected chi connectivity index (χ1v) is 21.5. The van der Waals surface area contributed by atoms with Gasteiger partial charge in [-0.2, -0.15) is 0 Å². The lowest BCUT2D eigenvalue weighted by Gasteiger charge is -2.18. The number of carboxylic acids is 1. The highest BCUT2D eigenvalue weighted by Gasteiger charge is 2.28. The number of aliphatic carboxylic acids is 1. The minimum Gasteiger partial charge on any atom is -0.480 e. The Hall–Kier alpha value is -3.08. The minimum absolute atomic E-state index is 0.123. The first-order valence-electron chi connectivity index (χ1n) is 20.0. The number of esters is 1. The quantitative estimate of drug-likeness (QED) is 0.0208. The van der Waals surface area contributed by atoms with E-state index in [0.717, 1.165) is 83.5 Å². The van der Waals surface area contributed by atoms with Crippen molar-refractivity contribution in [1.29, 1.82) is 0 Å². The number of hydrogen-bond donors (Lipinski definition) is 4. The van der Waals surface area contributed by atoms with Gasteiger partial charge in [0, 0.05) is 12.8 Å². The molecule has 0 spiro atoms. The summed E-state index contributed by atoms with van der Waals surface area (Å²) in [5, 5.41) is 21.7. The van der Waals surface area contributed by atoms with E-state index in [1.54, 1.807) is 0 Å². The number of carboxylic acid groups (broad SMARTS) is 1. The standard InChI is InChI=1S/C42H70NO10P/c1-3-5-7-9-11-13-15-17-19-21-23-25-27-29-31-33-40(45)43-39(42(47)48)37-53-54(49,50)52-36-38(44)35-51-41(46)34-32-30-28-26-24-22-20-18-16-14-12-10-8-6-4-2/h6,8,11-14,17-20,24,26,38-39,44H,3-5,7,9-10,15-16,21-23,25,27-37H2,1-2H3,(H,43,45)(H,47,48)(H,49,50)/b8-6-,13-11-,14-12-,19-17-,20-18-,26-24-. The van der Waals surface area contributed by atoms with Crippen molar-refractivity contribution in [2.75, 3.05) is 19.8 Å². The van der Waals surface area contributed by atoms with E-state index in [9.17, 15) is 34.1 Å². The molecule has 0 aromatic heterocycles. The number of nitrogens with one attached hydrogen (secondary N) is 1. The predicted octanol–water partition coefficient (Wildman–Crippen LogP) is 9.77. The lowest BCUT2D eigenvalue weighted by molar-refractivity contribution is -0.147. The van der Waals surface area contributed by atoms with Gasteiger partial charge in [0.2, 0.25) is 5.91 Å². The summed E-state index contributed by atoms with van der Waals surface area (Å²) in [4.78, 5) is 45.8. The van der Waals surface area contributed by atoms with Crippen LogP contribution in [0.15, 0.2) is 72.9 Å². The number of phosphoric acid groups is 1. The molecule has 11 nitrogen and oxygen atoms in total. The topological polar surface area (TPSA) is 169 Å². The van der Waals surface area contributed by atoms with Crippen LogP contribution in [0.4, 0.5) is 0 Å². The summed E-state index contributed by atoms with van der Waals surface area (Å²) in [6.07, 6.45) is 42.2.